The molecule has 0 atom stereocenters. The van der Waals surface area contributed by atoms with Gasteiger partial charge in [0.2, 0.25) is 0 Å². The lowest BCUT2D eigenvalue weighted by atomic mass is 10.1. The lowest BCUT2D eigenvalue weighted by Gasteiger charge is -2.11. The SMILES string of the molecule is CC(C)c1cnc(SCC(=O)O)n1-c1cnn(C)c1. The zero-order chi connectivity index (χ0) is 14.0. The van der Waals surface area contributed by atoms with Gasteiger partial charge in [0.1, 0.15) is 0 Å². The number of carboxylic acid groups (broad SMARTS) is 1. The third-order valence-corrected chi connectivity index (χ3v) is 3.56. The van der Waals surface area contributed by atoms with Gasteiger partial charge in [0, 0.05) is 18.9 Å². The highest BCUT2D eigenvalue weighted by Gasteiger charge is 2.16. The van der Waals surface area contributed by atoms with Crippen LogP contribution in [0.15, 0.2) is 23.7 Å². The predicted molar refractivity (Wildman–Crippen MR) is 72.8 cm³/mol. The molecule has 2 aromatic rings. The maximum atomic E-state index is 10.7. The average molecular weight is 280 g/mol. The first-order chi connectivity index (χ1) is 8.99. The highest BCUT2D eigenvalue weighted by molar-refractivity contribution is 7.99. The summed E-state index contributed by atoms with van der Waals surface area (Å²) >= 11 is 1.21. The molecule has 19 heavy (non-hydrogen) atoms. The maximum absolute atomic E-state index is 10.7. The summed E-state index contributed by atoms with van der Waals surface area (Å²) in [6, 6.07) is 0. The Bertz CT molecular complexity index is 588. The number of aryl methyl sites for hydroxylation is 1. The van der Waals surface area contributed by atoms with E-state index in [4.69, 9.17) is 5.11 Å². The van der Waals surface area contributed by atoms with Crippen molar-refractivity contribution in [2.75, 3.05) is 5.75 Å². The highest BCUT2D eigenvalue weighted by Crippen LogP contribution is 2.27. The molecule has 0 unspecified atom stereocenters. The summed E-state index contributed by atoms with van der Waals surface area (Å²) < 4.78 is 3.68. The van der Waals surface area contributed by atoms with E-state index in [1.165, 1.54) is 11.8 Å². The fraction of sp³-hybridized carbons (Fsp3) is 0.417. The summed E-state index contributed by atoms with van der Waals surface area (Å²) in [5, 5.41) is 13.6. The Labute approximate surface area is 115 Å². The molecular formula is C12H16N4O2S. The van der Waals surface area contributed by atoms with Crippen molar-refractivity contribution in [1.29, 1.82) is 0 Å². The topological polar surface area (TPSA) is 72.9 Å². The third kappa shape index (κ3) is 2.98. The molecule has 2 aromatic heterocycles. The van der Waals surface area contributed by atoms with Gasteiger partial charge < -0.3 is 5.11 Å². The van der Waals surface area contributed by atoms with Gasteiger partial charge in [0.05, 0.1) is 23.8 Å². The molecule has 0 fully saturated rings. The summed E-state index contributed by atoms with van der Waals surface area (Å²) in [7, 11) is 1.85. The number of hydrogen-bond donors (Lipinski definition) is 1. The highest BCUT2D eigenvalue weighted by atomic mass is 32.2. The van der Waals surface area contributed by atoms with Gasteiger partial charge in [-0.05, 0) is 5.92 Å². The van der Waals surface area contributed by atoms with Crippen LogP contribution in [-0.4, -0.2) is 36.2 Å². The summed E-state index contributed by atoms with van der Waals surface area (Å²) in [6.45, 7) is 4.16. The first-order valence-electron chi connectivity index (χ1n) is 5.90. The molecule has 0 aromatic carbocycles. The van der Waals surface area contributed by atoms with Crippen LogP contribution in [0.2, 0.25) is 0 Å². The van der Waals surface area contributed by atoms with Crippen LogP contribution in [0.5, 0.6) is 0 Å². The molecule has 2 rings (SSSR count). The Morgan fingerprint density at radius 3 is 2.74 bits per heavy atom. The number of nitrogens with zero attached hydrogens (tertiary/aromatic N) is 4. The lowest BCUT2D eigenvalue weighted by Crippen LogP contribution is -2.05. The minimum atomic E-state index is -0.850. The van der Waals surface area contributed by atoms with Crippen molar-refractivity contribution < 1.29 is 9.90 Å². The molecule has 0 aliphatic heterocycles. The van der Waals surface area contributed by atoms with E-state index >= 15 is 0 Å². The quantitative estimate of drug-likeness (QED) is 0.847. The fourth-order valence-electron chi connectivity index (χ4n) is 1.77. The minimum absolute atomic E-state index is 0.00515. The van der Waals surface area contributed by atoms with E-state index in [0.717, 1.165) is 11.4 Å². The molecular weight excluding hydrogens is 264 g/mol. The number of aliphatic carboxylic acids is 1. The van der Waals surface area contributed by atoms with Crippen molar-refractivity contribution in [3.63, 3.8) is 0 Å². The van der Waals surface area contributed by atoms with Crippen molar-refractivity contribution in [3.8, 4) is 5.69 Å². The van der Waals surface area contributed by atoms with E-state index in [2.05, 4.69) is 23.9 Å². The smallest absolute Gasteiger partial charge is 0.313 e. The summed E-state index contributed by atoms with van der Waals surface area (Å²) in [5.41, 5.74) is 1.94. The monoisotopic (exact) mass is 280 g/mol. The Morgan fingerprint density at radius 2 is 2.21 bits per heavy atom. The predicted octanol–water partition coefficient (Wildman–Crippen LogP) is 1.91. The van der Waals surface area contributed by atoms with Crippen molar-refractivity contribution in [3.05, 3.63) is 24.3 Å². The van der Waals surface area contributed by atoms with E-state index in [0.29, 0.717) is 11.1 Å². The molecule has 0 spiro atoms. The Kier molecular flexibility index (Phi) is 3.94. The van der Waals surface area contributed by atoms with Crippen LogP contribution >= 0.6 is 11.8 Å². The van der Waals surface area contributed by atoms with Crippen LogP contribution in [0.25, 0.3) is 5.69 Å². The number of thioether (sulfide) groups is 1. The number of hydrogen-bond acceptors (Lipinski definition) is 4. The normalized spacial score (nSPS) is 11.2. The molecule has 0 amide bonds. The van der Waals surface area contributed by atoms with E-state index < -0.39 is 5.97 Å². The number of carboxylic acids is 1. The Hall–Kier alpha value is -1.76. The second-order valence-electron chi connectivity index (χ2n) is 4.51. The molecule has 0 radical (unpaired) electrons. The van der Waals surface area contributed by atoms with Gasteiger partial charge in [-0.2, -0.15) is 5.10 Å². The van der Waals surface area contributed by atoms with Crippen LogP contribution in [0.3, 0.4) is 0 Å². The third-order valence-electron chi connectivity index (χ3n) is 2.62. The fourth-order valence-corrected chi connectivity index (χ4v) is 2.49. The summed E-state index contributed by atoms with van der Waals surface area (Å²) in [6.07, 6.45) is 5.43. The molecule has 102 valence electrons. The molecule has 0 saturated carbocycles. The largest absolute Gasteiger partial charge is 0.481 e. The maximum Gasteiger partial charge on any atom is 0.313 e. The van der Waals surface area contributed by atoms with E-state index in [1.54, 1.807) is 17.1 Å². The average Bonchev–Trinajstić information content (AvgIpc) is 2.91. The Balaban J connectivity index is 2.41. The molecule has 2 heterocycles. The van der Waals surface area contributed by atoms with Crippen molar-refractivity contribution in [1.82, 2.24) is 19.3 Å². The molecule has 1 N–H and O–H groups in total. The van der Waals surface area contributed by atoms with E-state index in [-0.39, 0.29) is 5.75 Å². The zero-order valence-electron chi connectivity index (χ0n) is 11.1. The van der Waals surface area contributed by atoms with Gasteiger partial charge in [0.15, 0.2) is 5.16 Å². The number of aromatic nitrogens is 4. The van der Waals surface area contributed by atoms with E-state index in [1.807, 2.05) is 17.8 Å². The standard InChI is InChI=1S/C12H16N4O2S/c1-8(2)10-5-13-12(19-7-11(17)18)16(10)9-4-14-15(3)6-9/h4-6,8H,7H2,1-3H3,(H,17,18). The second-order valence-corrected chi connectivity index (χ2v) is 5.45. The molecule has 0 saturated heterocycles. The molecule has 0 aliphatic rings. The van der Waals surface area contributed by atoms with Crippen molar-refractivity contribution in [2.24, 2.45) is 7.05 Å². The summed E-state index contributed by atoms with van der Waals surface area (Å²) in [5.74, 6) is -0.557. The molecule has 6 nitrogen and oxygen atoms in total. The van der Waals surface area contributed by atoms with Crippen LogP contribution in [0.1, 0.15) is 25.5 Å². The second kappa shape index (κ2) is 5.48. The molecule has 0 aliphatic carbocycles. The Morgan fingerprint density at radius 1 is 1.47 bits per heavy atom. The van der Waals surface area contributed by atoms with Gasteiger partial charge in [0.25, 0.3) is 0 Å². The van der Waals surface area contributed by atoms with Gasteiger partial charge in [-0.3, -0.25) is 14.0 Å². The van der Waals surface area contributed by atoms with Gasteiger partial charge in [-0.25, -0.2) is 4.98 Å². The van der Waals surface area contributed by atoms with Crippen molar-refractivity contribution >= 4 is 17.7 Å². The zero-order valence-corrected chi connectivity index (χ0v) is 11.9. The first kappa shape index (κ1) is 13.7. The van der Waals surface area contributed by atoms with Crippen LogP contribution in [0.4, 0.5) is 0 Å². The number of carbonyl (C=O) groups is 1. The molecule has 7 heteroatoms. The van der Waals surface area contributed by atoms with Crippen LogP contribution in [0, 0.1) is 0 Å². The van der Waals surface area contributed by atoms with Crippen LogP contribution < -0.4 is 0 Å². The number of rotatable bonds is 5. The molecule has 0 bridgehead atoms. The number of imidazole rings is 1. The lowest BCUT2D eigenvalue weighted by molar-refractivity contribution is -0.133. The van der Waals surface area contributed by atoms with Crippen molar-refractivity contribution in [2.45, 2.75) is 24.9 Å². The summed E-state index contributed by atoms with van der Waals surface area (Å²) in [4.78, 5) is 15.0. The van der Waals surface area contributed by atoms with E-state index in [9.17, 15) is 4.79 Å². The minimum Gasteiger partial charge on any atom is -0.481 e. The first-order valence-corrected chi connectivity index (χ1v) is 6.89. The van der Waals surface area contributed by atoms with Gasteiger partial charge in [-0.15, -0.1) is 0 Å². The van der Waals surface area contributed by atoms with Gasteiger partial charge >= 0.3 is 5.97 Å². The van der Waals surface area contributed by atoms with Gasteiger partial charge in [-0.1, -0.05) is 25.6 Å². The van der Waals surface area contributed by atoms with Crippen LogP contribution in [-0.2, 0) is 11.8 Å².